The highest BCUT2D eigenvalue weighted by molar-refractivity contribution is 5.85. The molecule has 4 nitrogen and oxygen atoms in total. The Morgan fingerprint density at radius 3 is 2.73 bits per heavy atom. The quantitative estimate of drug-likeness (QED) is 0.670. The van der Waals surface area contributed by atoms with E-state index in [9.17, 15) is 9.90 Å². The van der Waals surface area contributed by atoms with Crippen molar-refractivity contribution in [1.29, 1.82) is 0 Å². The molecule has 0 aromatic rings. The molecular weight excluding hydrogens is 218 g/mol. The average Bonchev–Trinajstić information content (AvgIpc) is 2.42. The third kappa shape index (κ3) is 1.98. The summed E-state index contributed by atoms with van der Waals surface area (Å²) in [4.78, 5) is 13.7. The van der Waals surface area contributed by atoms with Crippen molar-refractivity contribution < 1.29 is 14.6 Å². The molecule has 5 heteroatoms. The Bertz CT molecular complexity index is 249. The van der Waals surface area contributed by atoms with E-state index in [-0.39, 0.29) is 30.3 Å². The number of hydrogen-bond acceptors (Lipinski definition) is 4. The van der Waals surface area contributed by atoms with E-state index in [0.717, 1.165) is 12.8 Å². The molecule has 0 saturated carbocycles. The summed E-state index contributed by atoms with van der Waals surface area (Å²) in [6.07, 6.45) is 2.27. The van der Waals surface area contributed by atoms with Crippen molar-refractivity contribution in [2.75, 3.05) is 14.2 Å². The van der Waals surface area contributed by atoms with Crippen molar-refractivity contribution in [3.8, 4) is 0 Å². The number of fused-ring (bicyclic) bond motifs is 2. The molecule has 0 amide bonds. The largest absolute Gasteiger partial charge is 0.469 e. The van der Waals surface area contributed by atoms with Gasteiger partial charge in [0.25, 0.3) is 0 Å². The van der Waals surface area contributed by atoms with E-state index in [1.165, 1.54) is 7.11 Å². The van der Waals surface area contributed by atoms with Crippen molar-refractivity contribution in [2.24, 2.45) is 5.92 Å². The van der Waals surface area contributed by atoms with Gasteiger partial charge in [-0.1, -0.05) is 0 Å². The molecular formula is C10H18ClNO3. The summed E-state index contributed by atoms with van der Waals surface area (Å²) < 4.78 is 4.73. The second kappa shape index (κ2) is 4.68. The molecule has 2 aliphatic heterocycles. The van der Waals surface area contributed by atoms with E-state index in [0.29, 0.717) is 12.5 Å². The number of aliphatic hydroxyl groups excluding tert-OH is 1. The smallest absolute Gasteiger partial charge is 0.312 e. The molecule has 0 radical (unpaired) electrons. The average molecular weight is 236 g/mol. The third-order valence-corrected chi connectivity index (χ3v) is 3.71. The highest BCUT2D eigenvalue weighted by Crippen LogP contribution is 2.38. The van der Waals surface area contributed by atoms with Gasteiger partial charge in [0.05, 0.1) is 19.1 Å². The van der Waals surface area contributed by atoms with Crippen LogP contribution in [-0.2, 0) is 9.53 Å². The maximum absolute atomic E-state index is 11.5. The molecule has 1 N–H and O–H groups in total. The van der Waals surface area contributed by atoms with Crippen LogP contribution in [-0.4, -0.2) is 48.3 Å². The van der Waals surface area contributed by atoms with Crippen LogP contribution in [0.15, 0.2) is 0 Å². The standard InChI is InChI=1S/C10H17NO3.ClH/c1-11-6-3-4-7(11)9(8(12)5-6)10(13)14-2;/h6-9,12H,3-5H2,1-2H3;1H/t6-,7+,8+,9+;/m0./s1. The number of carbonyl (C=O) groups is 1. The molecule has 2 bridgehead atoms. The van der Waals surface area contributed by atoms with Gasteiger partial charge in [0, 0.05) is 12.1 Å². The van der Waals surface area contributed by atoms with Crippen LogP contribution in [0, 0.1) is 5.92 Å². The van der Waals surface area contributed by atoms with E-state index < -0.39 is 6.10 Å². The summed E-state index contributed by atoms with van der Waals surface area (Å²) in [5, 5.41) is 9.84. The first-order valence-corrected chi connectivity index (χ1v) is 5.13. The topological polar surface area (TPSA) is 49.8 Å². The molecule has 88 valence electrons. The van der Waals surface area contributed by atoms with Crippen molar-refractivity contribution in [3.05, 3.63) is 0 Å². The Balaban J connectivity index is 0.00000112. The maximum atomic E-state index is 11.5. The van der Waals surface area contributed by atoms with Crippen LogP contribution in [0.2, 0.25) is 0 Å². The maximum Gasteiger partial charge on any atom is 0.312 e. The Morgan fingerprint density at radius 2 is 2.13 bits per heavy atom. The molecule has 2 saturated heterocycles. The normalized spacial score (nSPS) is 39.7. The van der Waals surface area contributed by atoms with Gasteiger partial charge in [0.2, 0.25) is 0 Å². The van der Waals surface area contributed by atoms with Crippen LogP contribution >= 0.6 is 12.4 Å². The van der Waals surface area contributed by atoms with Crippen LogP contribution in [0.5, 0.6) is 0 Å². The molecule has 2 heterocycles. The van der Waals surface area contributed by atoms with E-state index in [1.54, 1.807) is 0 Å². The predicted octanol–water partition coefficient (Wildman–Crippen LogP) is 0.425. The van der Waals surface area contributed by atoms with Gasteiger partial charge in [-0.15, -0.1) is 12.4 Å². The number of nitrogens with zero attached hydrogens (tertiary/aromatic N) is 1. The summed E-state index contributed by atoms with van der Waals surface area (Å²) in [6, 6.07) is 0.632. The number of methoxy groups -OCH3 is 1. The molecule has 2 fully saturated rings. The highest BCUT2D eigenvalue weighted by atomic mass is 35.5. The van der Waals surface area contributed by atoms with Gasteiger partial charge in [-0.25, -0.2) is 0 Å². The highest BCUT2D eigenvalue weighted by Gasteiger charge is 2.48. The van der Waals surface area contributed by atoms with Gasteiger partial charge in [-0.2, -0.15) is 0 Å². The lowest BCUT2D eigenvalue weighted by Gasteiger charge is -2.39. The first-order chi connectivity index (χ1) is 6.65. The second-order valence-corrected chi connectivity index (χ2v) is 4.32. The zero-order valence-electron chi connectivity index (χ0n) is 9.05. The number of hydrogen-bond donors (Lipinski definition) is 1. The number of aliphatic hydroxyl groups is 1. The van der Waals surface area contributed by atoms with E-state index in [2.05, 4.69) is 4.90 Å². The fourth-order valence-electron chi connectivity index (χ4n) is 2.89. The van der Waals surface area contributed by atoms with Crippen LogP contribution < -0.4 is 0 Å². The molecule has 0 unspecified atom stereocenters. The fraction of sp³-hybridized carbons (Fsp3) is 0.900. The molecule has 0 aromatic carbocycles. The van der Waals surface area contributed by atoms with Crippen molar-refractivity contribution in [1.82, 2.24) is 4.90 Å². The lowest BCUT2D eigenvalue weighted by Crippen LogP contribution is -2.52. The van der Waals surface area contributed by atoms with Crippen LogP contribution in [0.4, 0.5) is 0 Å². The van der Waals surface area contributed by atoms with Gasteiger partial charge in [-0.05, 0) is 26.3 Å². The monoisotopic (exact) mass is 235 g/mol. The Labute approximate surface area is 96.0 Å². The number of halogens is 1. The van der Waals surface area contributed by atoms with Gasteiger partial charge in [0.15, 0.2) is 0 Å². The Hall–Kier alpha value is -0.320. The number of ether oxygens (including phenoxy) is 1. The molecule has 0 aliphatic carbocycles. The fourth-order valence-corrected chi connectivity index (χ4v) is 2.89. The van der Waals surface area contributed by atoms with E-state index in [4.69, 9.17) is 4.74 Å². The van der Waals surface area contributed by atoms with E-state index in [1.807, 2.05) is 7.05 Å². The number of rotatable bonds is 1. The summed E-state index contributed by atoms with van der Waals surface area (Å²) in [5.74, 6) is -0.613. The van der Waals surface area contributed by atoms with Gasteiger partial charge < -0.3 is 9.84 Å². The number of esters is 1. The SMILES string of the molecule is COC(=O)[C@H]1[C@H](O)C[C@@H]2CC[C@H]1N2C.Cl. The van der Waals surface area contributed by atoms with Crippen molar-refractivity contribution in [2.45, 2.75) is 37.5 Å². The molecule has 2 aliphatic rings. The minimum absolute atomic E-state index is 0. The zero-order chi connectivity index (χ0) is 10.3. The van der Waals surface area contributed by atoms with Gasteiger partial charge in [-0.3, -0.25) is 9.69 Å². The van der Waals surface area contributed by atoms with Crippen LogP contribution in [0.25, 0.3) is 0 Å². The summed E-state index contributed by atoms with van der Waals surface area (Å²) in [5.41, 5.74) is 0. The molecule has 2 rings (SSSR count). The first-order valence-electron chi connectivity index (χ1n) is 5.13. The van der Waals surface area contributed by atoms with Gasteiger partial charge in [0.1, 0.15) is 0 Å². The van der Waals surface area contributed by atoms with Crippen molar-refractivity contribution >= 4 is 18.4 Å². The molecule has 0 aromatic heterocycles. The first kappa shape index (κ1) is 12.7. The number of carbonyl (C=O) groups excluding carboxylic acids is 1. The summed E-state index contributed by atoms with van der Waals surface area (Å²) >= 11 is 0. The Kier molecular flexibility index (Phi) is 3.98. The third-order valence-electron chi connectivity index (χ3n) is 3.71. The molecule has 0 spiro atoms. The molecule has 15 heavy (non-hydrogen) atoms. The summed E-state index contributed by atoms with van der Waals surface area (Å²) in [7, 11) is 3.42. The minimum Gasteiger partial charge on any atom is -0.469 e. The van der Waals surface area contributed by atoms with Crippen molar-refractivity contribution in [3.63, 3.8) is 0 Å². The van der Waals surface area contributed by atoms with Crippen LogP contribution in [0.1, 0.15) is 19.3 Å². The van der Waals surface area contributed by atoms with E-state index >= 15 is 0 Å². The second-order valence-electron chi connectivity index (χ2n) is 4.32. The minimum atomic E-state index is -0.517. The van der Waals surface area contributed by atoms with Gasteiger partial charge >= 0.3 is 5.97 Å². The van der Waals surface area contributed by atoms with Crippen LogP contribution in [0.3, 0.4) is 0 Å². The lowest BCUT2D eigenvalue weighted by molar-refractivity contribution is -0.155. The number of piperidine rings is 1. The predicted molar refractivity (Wildman–Crippen MR) is 58.0 cm³/mol. The summed E-state index contributed by atoms with van der Waals surface area (Å²) in [6.45, 7) is 0. The Morgan fingerprint density at radius 1 is 1.47 bits per heavy atom. The lowest BCUT2D eigenvalue weighted by atomic mass is 9.88. The zero-order valence-corrected chi connectivity index (χ0v) is 9.87. The molecule has 4 atom stereocenters.